The van der Waals surface area contributed by atoms with E-state index in [1.807, 2.05) is 19.9 Å². The third-order valence-electron chi connectivity index (χ3n) is 4.04. The topological polar surface area (TPSA) is 55.4 Å². The second kappa shape index (κ2) is 7.27. The fourth-order valence-electron chi connectivity index (χ4n) is 2.73. The van der Waals surface area contributed by atoms with Crippen molar-refractivity contribution < 1.29 is 14.3 Å². The second-order valence-corrected chi connectivity index (χ2v) is 7.63. The van der Waals surface area contributed by atoms with Gasteiger partial charge < -0.3 is 10.1 Å². The summed E-state index contributed by atoms with van der Waals surface area (Å²) < 4.78 is 5.71. The van der Waals surface area contributed by atoms with Gasteiger partial charge in [0.1, 0.15) is 4.88 Å². The van der Waals surface area contributed by atoms with Crippen molar-refractivity contribution in [2.75, 3.05) is 12.4 Å². The Balaban J connectivity index is 2.20. The summed E-state index contributed by atoms with van der Waals surface area (Å²) in [6, 6.07) is 8.57. The lowest BCUT2D eigenvalue weighted by Crippen LogP contribution is -2.15. The first-order valence-corrected chi connectivity index (χ1v) is 9.28. The summed E-state index contributed by atoms with van der Waals surface area (Å²) in [5.41, 5.74) is 2.50. The van der Waals surface area contributed by atoms with E-state index in [-0.39, 0.29) is 10.4 Å². The number of benzene rings is 2. The molecule has 0 radical (unpaired) electrons. The van der Waals surface area contributed by atoms with Gasteiger partial charge in [-0.15, -0.1) is 11.3 Å². The van der Waals surface area contributed by atoms with Crippen LogP contribution in [0.2, 0.25) is 10.0 Å². The molecule has 0 bridgehead atoms. The third-order valence-corrected chi connectivity index (χ3v) is 5.99. The number of thiophene rings is 1. The van der Waals surface area contributed by atoms with Gasteiger partial charge in [0.15, 0.2) is 0 Å². The minimum absolute atomic E-state index is 0.252. The summed E-state index contributed by atoms with van der Waals surface area (Å²) >= 11 is 13.4. The monoisotopic (exact) mass is 407 g/mol. The van der Waals surface area contributed by atoms with Gasteiger partial charge in [0, 0.05) is 25.8 Å². The van der Waals surface area contributed by atoms with Gasteiger partial charge >= 0.3 is 5.97 Å². The summed E-state index contributed by atoms with van der Waals surface area (Å²) in [6.07, 6.45) is 0. The maximum atomic E-state index is 13.0. The Hall–Kier alpha value is -2.08. The van der Waals surface area contributed by atoms with Crippen LogP contribution in [0.4, 0.5) is 5.69 Å². The van der Waals surface area contributed by atoms with Crippen LogP contribution in [0.1, 0.15) is 31.2 Å². The highest BCUT2D eigenvalue weighted by molar-refractivity contribution is 7.21. The molecule has 0 spiro atoms. The van der Waals surface area contributed by atoms with Crippen LogP contribution in [0.3, 0.4) is 0 Å². The number of hydrogen-bond donors (Lipinski definition) is 1. The molecule has 0 fully saturated rings. The van der Waals surface area contributed by atoms with Crippen molar-refractivity contribution in [3.8, 4) is 0 Å². The lowest BCUT2D eigenvalue weighted by atomic mass is 10.0. The number of amides is 1. The van der Waals surface area contributed by atoms with Crippen LogP contribution in [0.5, 0.6) is 0 Å². The fraction of sp³-hybridized carbons (Fsp3) is 0.158. The van der Waals surface area contributed by atoms with E-state index in [2.05, 4.69) is 5.32 Å². The zero-order valence-corrected chi connectivity index (χ0v) is 16.6. The largest absolute Gasteiger partial charge is 0.465 e. The molecule has 1 N–H and O–H groups in total. The molecule has 1 heterocycles. The van der Waals surface area contributed by atoms with Crippen molar-refractivity contribution in [3.05, 3.63) is 61.9 Å². The zero-order valence-electron chi connectivity index (χ0n) is 14.3. The number of ether oxygens (including phenoxy) is 1. The predicted octanol–water partition coefficient (Wildman–Crippen LogP) is 5.86. The van der Waals surface area contributed by atoms with E-state index < -0.39 is 11.9 Å². The van der Waals surface area contributed by atoms with Crippen molar-refractivity contribution >= 4 is 62.2 Å². The first kappa shape index (κ1) is 18.7. The number of esters is 1. The number of halogens is 2. The molecule has 1 aromatic heterocycles. The number of methoxy groups -OCH3 is 1. The number of carbonyl (C=O) groups excluding carboxylic acids is 2. The fourth-order valence-corrected chi connectivity index (χ4v) is 4.36. The van der Waals surface area contributed by atoms with Crippen molar-refractivity contribution in [2.45, 2.75) is 13.8 Å². The van der Waals surface area contributed by atoms with Crippen LogP contribution in [0.15, 0.2) is 30.3 Å². The third kappa shape index (κ3) is 3.30. The first-order valence-electron chi connectivity index (χ1n) is 7.71. The van der Waals surface area contributed by atoms with Gasteiger partial charge in [-0.1, -0.05) is 23.2 Å². The van der Waals surface area contributed by atoms with Crippen LogP contribution in [0.25, 0.3) is 10.1 Å². The van der Waals surface area contributed by atoms with Crippen LogP contribution in [0, 0.1) is 13.8 Å². The Kier molecular flexibility index (Phi) is 5.23. The summed E-state index contributed by atoms with van der Waals surface area (Å²) in [6.45, 7) is 3.73. The van der Waals surface area contributed by atoms with E-state index in [9.17, 15) is 9.59 Å². The highest BCUT2D eigenvalue weighted by Gasteiger charge is 2.27. The predicted molar refractivity (Wildman–Crippen MR) is 107 cm³/mol. The SMILES string of the molecule is COC(=O)c1sc2c(C)cc(Cl)c(C)c2c1C(=O)Nc1ccc(Cl)cc1. The molecular formula is C19H15Cl2NO3S. The molecule has 2 aromatic carbocycles. The maximum absolute atomic E-state index is 13.0. The minimum atomic E-state index is -0.553. The van der Waals surface area contributed by atoms with Gasteiger partial charge in [-0.05, 0) is 55.3 Å². The molecule has 0 aliphatic carbocycles. The Morgan fingerprint density at radius 1 is 1.12 bits per heavy atom. The first-order chi connectivity index (χ1) is 12.3. The van der Waals surface area contributed by atoms with Gasteiger partial charge in [0.2, 0.25) is 0 Å². The Bertz CT molecular complexity index is 1030. The standard InChI is InChI=1S/C19H15Cl2NO3S/c1-9-8-13(21)10(2)14-15(17(19(24)25-3)26-16(9)14)18(23)22-12-6-4-11(20)5-7-12/h4-8H,1-3H3,(H,22,23). The Morgan fingerprint density at radius 3 is 2.38 bits per heavy atom. The van der Waals surface area contributed by atoms with Gasteiger partial charge in [0.05, 0.1) is 12.7 Å². The van der Waals surface area contributed by atoms with E-state index in [4.69, 9.17) is 27.9 Å². The summed E-state index contributed by atoms with van der Waals surface area (Å²) in [5, 5.41) is 4.59. The molecule has 134 valence electrons. The zero-order chi connectivity index (χ0) is 19.0. The van der Waals surface area contributed by atoms with Crippen molar-refractivity contribution in [1.29, 1.82) is 0 Å². The number of fused-ring (bicyclic) bond motifs is 1. The molecule has 1 amide bonds. The van der Waals surface area contributed by atoms with Crippen LogP contribution >= 0.6 is 34.5 Å². The number of rotatable bonds is 3. The molecule has 0 saturated heterocycles. The van der Waals surface area contributed by atoms with E-state index in [0.29, 0.717) is 21.1 Å². The molecule has 26 heavy (non-hydrogen) atoms. The Morgan fingerprint density at radius 2 is 1.77 bits per heavy atom. The average Bonchev–Trinajstić information content (AvgIpc) is 3.02. The molecular weight excluding hydrogens is 393 g/mol. The summed E-state index contributed by atoms with van der Waals surface area (Å²) in [5.74, 6) is -0.953. The molecule has 0 unspecified atom stereocenters. The van der Waals surface area contributed by atoms with E-state index in [0.717, 1.165) is 15.8 Å². The molecule has 0 atom stereocenters. The normalized spacial score (nSPS) is 10.8. The minimum Gasteiger partial charge on any atom is -0.465 e. The average molecular weight is 408 g/mol. The Labute approximate surface area is 164 Å². The van der Waals surface area contributed by atoms with Crippen molar-refractivity contribution in [3.63, 3.8) is 0 Å². The molecule has 3 aromatic rings. The van der Waals surface area contributed by atoms with Gasteiger partial charge in [-0.2, -0.15) is 0 Å². The highest BCUT2D eigenvalue weighted by atomic mass is 35.5. The van der Waals surface area contributed by atoms with Crippen LogP contribution in [-0.4, -0.2) is 19.0 Å². The van der Waals surface area contributed by atoms with Crippen molar-refractivity contribution in [2.24, 2.45) is 0 Å². The molecule has 0 saturated carbocycles. The number of hydrogen-bond acceptors (Lipinski definition) is 4. The maximum Gasteiger partial charge on any atom is 0.348 e. The van der Waals surface area contributed by atoms with Crippen LogP contribution in [-0.2, 0) is 4.74 Å². The second-order valence-electron chi connectivity index (χ2n) is 5.76. The van der Waals surface area contributed by atoms with E-state index >= 15 is 0 Å². The van der Waals surface area contributed by atoms with E-state index in [1.165, 1.54) is 18.4 Å². The lowest BCUT2D eigenvalue weighted by Gasteiger charge is -2.09. The number of anilines is 1. The van der Waals surface area contributed by atoms with E-state index in [1.54, 1.807) is 24.3 Å². The molecule has 0 aliphatic rings. The highest BCUT2D eigenvalue weighted by Crippen LogP contribution is 2.39. The van der Waals surface area contributed by atoms with Crippen molar-refractivity contribution in [1.82, 2.24) is 0 Å². The molecule has 4 nitrogen and oxygen atoms in total. The van der Waals surface area contributed by atoms with Gasteiger partial charge in [0.25, 0.3) is 5.91 Å². The molecule has 7 heteroatoms. The lowest BCUT2D eigenvalue weighted by molar-refractivity contribution is 0.0603. The quantitative estimate of drug-likeness (QED) is 0.552. The number of carbonyl (C=O) groups is 2. The molecule has 3 rings (SSSR count). The summed E-state index contributed by atoms with van der Waals surface area (Å²) in [7, 11) is 1.29. The van der Waals surface area contributed by atoms with Crippen LogP contribution < -0.4 is 5.32 Å². The number of aryl methyl sites for hydroxylation is 2. The smallest absolute Gasteiger partial charge is 0.348 e. The van der Waals surface area contributed by atoms with Gasteiger partial charge in [-0.3, -0.25) is 4.79 Å². The number of nitrogens with one attached hydrogen (secondary N) is 1. The molecule has 0 aliphatic heterocycles. The van der Waals surface area contributed by atoms with Gasteiger partial charge in [-0.25, -0.2) is 4.79 Å². The summed E-state index contributed by atoms with van der Waals surface area (Å²) in [4.78, 5) is 25.5.